The van der Waals surface area contributed by atoms with E-state index in [2.05, 4.69) is 6.92 Å². The minimum Gasteiger partial charge on any atom is -0.493 e. The Labute approximate surface area is 223 Å². The van der Waals surface area contributed by atoms with Crippen molar-refractivity contribution in [2.24, 2.45) is 0 Å². The summed E-state index contributed by atoms with van der Waals surface area (Å²) in [6, 6.07) is 1.85. The van der Waals surface area contributed by atoms with Crippen LogP contribution >= 0.6 is 0 Å². The molecule has 1 aliphatic heterocycles. The molecular formula is C27H38O11. The van der Waals surface area contributed by atoms with Gasteiger partial charge in [0, 0.05) is 27.7 Å². The molecule has 0 saturated carbocycles. The highest BCUT2D eigenvalue weighted by Crippen LogP contribution is 2.37. The van der Waals surface area contributed by atoms with Gasteiger partial charge in [-0.05, 0) is 49.9 Å². The second kappa shape index (κ2) is 14.0. The van der Waals surface area contributed by atoms with E-state index in [1.807, 2.05) is 26.8 Å². The molecule has 0 bridgehead atoms. The number of carbonyl (C=O) groups excluding carboxylic acids is 4. The van der Waals surface area contributed by atoms with Gasteiger partial charge >= 0.3 is 23.9 Å². The Bertz CT molecular complexity index is 1020. The zero-order chi connectivity index (χ0) is 28.6. The number of rotatable bonds is 11. The van der Waals surface area contributed by atoms with Crippen LogP contribution in [-0.2, 0) is 42.9 Å². The Morgan fingerprint density at radius 1 is 0.816 bits per heavy atom. The zero-order valence-electron chi connectivity index (χ0n) is 23.3. The van der Waals surface area contributed by atoms with E-state index in [9.17, 15) is 19.2 Å². The third-order valence-electron chi connectivity index (χ3n) is 5.92. The summed E-state index contributed by atoms with van der Waals surface area (Å²) in [6.45, 7) is 12.6. The first-order valence-corrected chi connectivity index (χ1v) is 12.6. The van der Waals surface area contributed by atoms with Crippen LogP contribution < -0.4 is 9.47 Å². The Kier molecular flexibility index (Phi) is 11.4. The number of carbonyl (C=O) groups is 4. The fourth-order valence-corrected chi connectivity index (χ4v) is 4.08. The molecule has 212 valence electrons. The monoisotopic (exact) mass is 538 g/mol. The van der Waals surface area contributed by atoms with E-state index >= 15 is 0 Å². The Morgan fingerprint density at radius 3 is 1.95 bits per heavy atom. The van der Waals surface area contributed by atoms with E-state index in [0.29, 0.717) is 12.4 Å². The second-order valence-corrected chi connectivity index (χ2v) is 9.16. The number of hydrogen-bond acceptors (Lipinski definition) is 11. The SMILES string of the molecule is CCCCOc1cc(C)c(O[C@H]2O[C@H](COC(C)=O)[C@@H](OC(C)=O)[C@H](OC(C)=O)[C@@H]2OC(C)=O)c(C)c1C. The van der Waals surface area contributed by atoms with Crippen molar-refractivity contribution in [2.45, 2.75) is 98.9 Å². The fourth-order valence-electron chi connectivity index (χ4n) is 4.08. The van der Waals surface area contributed by atoms with Gasteiger partial charge in [-0.25, -0.2) is 0 Å². The quantitative estimate of drug-likeness (QED) is 0.233. The topological polar surface area (TPSA) is 133 Å². The molecule has 1 heterocycles. The summed E-state index contributed by atoms with van der Waals surface area (Å²) in [6.07, 6.45) is -4.35. The van der Waals surface area contributed by atoms with E-state index in [-0.39, 0.29) is 6.61 Å². The zero-order valence-corrected chi connectivity index (χ0v) is 23.3. The lowest BCUT2D eigenvalue weighted by Gasteiger charge is -2.44. The molecule has 1 aromatic carbocycles. The van der Waals surface area contributed by atoms with Gasteiger partial charge in [0.15, 0.2) is 12.2 Å². The van der Waals surface area contributed by atoms with E-state index in [0.717, 1.165) is 49.1 Å². The molecule has 0 radical (unpaired) electrons. The molecule has 1 aromatic rings. The highest BCUT2D eigenvalue weighted by Gasteiger charge is 2.53. The van der Waals surface area contributed by atoms with Crippen molar-refractivity contribution in [2.75, 3.05) is 13.2 Å². The van der Waals surface area contributed by atoms with E-state index in [1.165, 1.54) is 13.8 Å². The molecule has 0 unspecified atom stereocenters. The normalized spacial score (nSPS) is 22.7. The smallest absolute Gasteiger partial charge is 0.303 e. The van der Waals surface area contributed by atoms with Crippen LogP contribution in [0.2, 0.25) is 0 Å². The van der Waals surface area contributed by atoms with Crippen molar-refractivity contribution in [1.82, 2.24) is 0 Å². The molecule has 11 heteroatoms. The molecule has 0 amide bonds. The Balaban J connectivity index is 2.52. The molecular weight excluding hydrogens is 500 g/mol. The molecule has 0 spiro atoms. The van der Waals surface area contributed by atoms with Crippen LogP contribution in [0.5, 0.6) is 11.5 Å². The Morgan fingerprint density at radius 2 is 1.39 bits per heavy atom. The fraction of sp³-hybridized carbons (Fsp3) is 0.630. The van der Waals surface area contributed by atoms with Crippen molar-refractivity contribution >= 4 is 23.9 Å². The first-order chi connectivity index (χ1) is 17.8. The number of benzene rings is 1. The van der Waals surface area contributed by atoms with E-state index in [1.54, 1.807) is 0 Å². The van der Waals surface area contributed by atoms with Crippen LogP contribution in [0, 0.1) is 20.8 Å². The molecule has 0 aromatic heterocycles. The van der Waals surface area contributed by atoms with Gasteiger partial charge in [0.1, 0.15) is 24.2 Å². The maximum atomic E-state index is 12.1. The summed E-state index contributed by atoms with van der Waals surface area (Å²) in [5.41, 5.74) is 2.35. The number of esters is 4. The number of hydrogen-bond donors (Lipinski definition) is 0. The highest BCUT2D eigenvalue weighted by molar-refractivity contribution is 5.68. The maximum absolute atomic E-state index is 12.1. The van der Waals surface area contributed by atoms with Gasteiger partial charge < -0.3 is 33.2 Å². The van der Waals surface area contributed by atoms with Crippen molar-refractivity contribution in [1.29, 1.82) is 0 Å². The first kappa shape index (κ1) is 30.9. The van der Waals surface area contributed by atoms with Crippen molar-refractivity contribution in [3.63, 3.8) is 0 Å². The lowest BCUT2D eigenvalue weighted by atomic mass is 9.97. The van der Waals surface area contributed by atoms with E-state index in [4.69, 9.17) is 33.2 Å². The average molecular weight is 539 g/mol. The molecule has 1 saturated heterocycles. The number of aryl methyl sites for hydroxylation is 1. The number of unbranched alkanes of at least 4 members (excludes halogenated alkanes) is 1. The van der Waals surface area contributed by atoms with Gasteiger partial charge in [0.2, 0.25) is 12.4 Å². The summed E-state index contributed by atoms with van der Waals surface area (Å²) in [7, 11) is 0. The van der Waals surface area contributed by atoms with Crippen molar-refractivity contribution in [3.05, 3.63) is 22.8 Å². The molecule has 5 atom stereocenters. The molecule has 11 nitrogen and oxygen atoms in total. The van der Waals surface area contributed by atoms with Crippen LogP contribution in [0.25, 0.3) is 0 Å². The van der Waals surface area contributed by atoms with Crippen molar-refractivity contribution < 1.29 is 52.3 Å². The minimum atomic E-state index is -1.31. The molecule has 38 heavy (non-hydrogen) atoms. The van der Waals surface area contributed by atoms with Crippen LogP contribution in [0.3, 0.4) is 0 Å². The largest absolute Gasteiger partial charge is 0.493 e. The maximum Gasteiger partial charge on any atom is 0.303 e. The van der Waals surface area contributed by atoms with Gasteiger partial charge in [-0.15, -0.1) is 0 Å². The molecule has 2 rings (SSSR count). The molecule has 1 aliphatic rings. The lowest BCUT2D eigenvalue weighted by Crippen LogP contribution is -2.63. The molecule has 1 fully saturated rings. The van der Waals surface area contributed by atoms with Crippen LogP contribution in [-0.4, -0.2) is 67.8 Å². The van der Waals surface area contributed by atoms with Gasteiger partial charge in [-0.3, -0.25) is 19.2 Å². The van der Waals surface area contributed by atoms with Crippen LogP contribution in [0.15, 0.2) is 6.07 Å². The third-order valence-corrected chi connectivity index (χ3v) is 5.92. The second-order valence-electron chi connectivity index (χ2n) is 9.16. The first-order valence-electron chi connectivity index (χ1n) is 12.6. The molecule has 0 N–H and O–H groups in total. The standard InChI is InChI=1S/C27H38O11/c1-9-10-11-32-21-12-14(2)23(16(4)15(21)3)38-27-26(36-20(8)31)25(35-19(7)30)24(34-18(6)29)22(37-27)13-33-17(5)28/h12,22,24-27H,9-11,13H2,1-8H3/t22-,24-,25+,26+,27-/m1/s1. The summed E-state index contributed by atoms with van der Waals surface area (Å²) in [4.78, 5) is 47.5. The van der Waals surface area contributed by atoms with Crippen LogP contribution in [0.4, 0.5) is 0 Å². The molecule has 0 aliphatic carbocycles. The van der Waals surface area contributed by atoms with Gasteiger partial charge in [-0.2, -0.15) is 0 Å². The summed E-state index contributed by atoms with van der Waals surface area (Å²) in [5, 5.41) is 0. The van der Waals surface area contributed by atoms with E-state index < -0.39 is 54.6 Å². The predicted molar refractivity (Wildman–Crippen MR) is 134 cm³/mol. The average Bonchev–Trinajstić information content (AvgIpc) is 2.81. The third kappa shape index (κ3) is 8.34. The highest BCUT2D eigenvalue weighted by atomic mass is 16.7. The minimum absolute atomic E-state index is 0.334. The summed E-state index contributed by atoms with van der Waals surface area (Å²) < 4.78 is 39.7. The number of ether oxygens (including phenoxy) is 7. The lowest BCUT2D eigenvalue weighted by molar-refractivity contribution is -0.288. The Hall–Kier alpha value is -3.34. The van der Waals surface area contributed by atoms with Crippen molar-refractivity contribution in [3.8, 4) is 11.5 Å². The summed E-state index contributed by atoms with van der Waals surface area (Å²) in [5.74, 6) is -1.54. The van der Waals surface area contributed by atoms with Crippen LogP contribution in [0.1, 0.15) is 64.2 Å². The summed E-state index contributed by atoms with van der Waals surface area (Å²) >= 11 is 0. The van der Waals surface area contributed by atoms with Gasteiger partial charge in [0.25, 0.3) is 0 Å². The van der Waals surface area contributed by atoms with Gasteiger partial charge in [-0.1, -0.05) is 13.3 Å². The van der Waals surface area contributed by atoms with Gasteiger partial charge in [0.05, 0.1) is 6.61 Å². The predicted octanol–water partition coefficient (Wildman–Crippen LogP) is 3.25.